The Balaban J connectivity index is 2.49. The van der Waals surface area contributed by atoms with E-state index in [0.29, 0.717) is 18.2 Å². The summed E-state index contributed by atoms with van der Waals surface area (Å²) < 4.78 is 27.6. The lowest BCUT2D eigenvalue weighted by Crippen LogP contribution is -2.39. The molecular weight excluding hydrogens is 272 g/mol. The van der Waals surface area contributed by atoms with Crippen molar-refractivity contribution in [1.82, 2.24) is 4.31 Å². The SMILES string of the molecule is Cc1ccc(N)c(S(=O)(=O)N(CC2CC2)C(C)C)c1C. The summed E-state index contributed by atoms with van der Waals surface area (Å²) in [6.45, 7) is 8.18. The fourth-order valence-electron chi connectivity index (χ4n) is 2.41. The maximum Gasteiger partial charge on any atom is 0.245 e. The molecule has 0 aliphatic heterocycles. The third kappa shape index (κ3) is 2.83. The smallest absolute Gasteiger partial charge is 0.245 e. The molecule has 5 heteroatoms. The number of benzene rings is 1. The number of nitrogen functional groups attached to an aromatic ring is 1. The molecular formula is C15H24N2O2S. The fraction of sp³-hybridized carbons (Fsp3) is 0.600. The van der Waals surface area contributed by atoms with Crippen molar-refractivity contribution in [3.05, 3.63) is 23.3 Å². The van der Waals surface area contributed by atoms with Gasteiger partial charge in [0.1, 0.15) is 4.90 Å². The molecule has 0 bridgehead atoms. The van der Waals surface area contributed by atoms with Gasteiger partial charge in [0.05, 0.1) is 5.69 Å². The Morgan fingerprint density at radius 2 is 1.90 bits per heavy atom. The van der Waals surface area contributed by atoms with Crippen LogP contribution in [-0.2, 0) is 10.0 Å². The van der Waals surface area contributed by atoms with Crippen molar-refractivity contribution in [3.63, 3.8) is 0 Å². The molecule has 0 amide bonds. The van der Waals surface area contributed by atoms with Gasteiger partial charge >= 0.3 is 0 Å². The highest BCUT2D eigenvalue weighted by Gasteiger charge is 2.35. The summed E-state index contributed by atoms with van der Waals surface area (Å²) in [5.41, 5.74) is 8.00. The van der Waals surface area contributed by atoms with Crippen LogP contribution in [0.2, 0.25) is 0 Å². The van der Waals surface area contributed by atoms with Gasteiger partial charge in [0.15, 0.2) is 0 Å². The van der Waals surface area contributed by atoms with Crippen LogP contribution in [0.5, 0.6) is 0 Å². The maximum absolute atomic E-state index is 13.0. The van der Waals surface area contributed by atoms with Gasteiger partial charge in [-0.2, -0.15) is 4.31 Å². The molecule has 112 valence electrons. The zero-order chi connectivity index (χ0) is 15.1. The van der Waals surface area contributed by atoms with Crippen LogP contribution in [0.15, 0.2) is 17.0 Å². The Bertz CT molecular complexity index is 605. The number of aryl methyl sites for hydroxylation is 1. The van der Waals surface area contributed by atoms with Crippen LogP contribution in [0, 0.1) is 19.8 Å². The molecule has 2 N–H and O–H groups in total. The summed E-state index contributed by atoms with van der Waals surface area (Å²) in [5, 5.41) is 0. The third-order valence-electron chi connectivity index (χ3n) is 3.98. The molecule has 0 aromatic heterocycles. The van der Waals surface area contributed by atoms with Gasteiger partial charge in [0, 0.05) is 12.6 Å². The second-order valence-corrected chi connectivity index (χ2v) is 7.87. The maximum atomic E-state index is 13.0. The summed E-state index contributed by atoms with van der Waals surface area (Å²) in [4.78, 5) is 0.284. The molecule has 0 radical (unpaired) electrons. The number of sulfonamides is 1. The molecule has 0 spiro atoms. The molecule has 2 rings (SSSR count). The Morgan fingerprint density at radius 3 is 2.40 bits per heavy atom. The quantitative estimate of drug-likeness (QED) is 0.850. The largest absolute Gasteiger partial charge is 0.398 e. The zero-order valence-corrected chi connectivity index (χ0v) is 13.5. The van der Waals surface area contributed by atoms with Gasteiger partial charge in [-0.15, -0.1) is 0 Å². The fourth-order valence-corrected chi connectivity index (χ4v) is 4.52. The molecule has 1 saturated carbocycles. The van der Waals surface area contributed by atoms with E-state index in [-0.39, 0.29) is 10.9 Å². The molecule has 20 heavy (non-hydrogen) atoms. The van der Waals surface area contributed by atoms with Gasteiger partial charge in [0.25, 0.3) is 0 Å². The number of nitrogens with zero attached hydrogens (tertiary/aromatic N) is 1. The van der Waals surface area contributed by atoms with Crippen molar-refractivity contribution < 1.29 is 8.42 Å². The van der Waals surface area contributed by atoms with Crippen LogP contribution in [0.25, 0.3) is 0 Å². The van der Waals surface area contributed by atoms with E-state index in [0.717, 1.165) is 24.0 Å². The van der Waals surface area contributed by atoms with Gasteiger partial charge in [-0.05, 0) is 63.6 Å². The normalized spacial score (nSPS) is 16.1. The second kappa shape index (κ2) is 5.37. The molecule has 1 fully saturated rings. The highest BCUT2D eigenvalue weighted by molar-refractivity contribution is 7.89. The Hall–Kier alpha value is -1.07. The van der Waals surface area contributed by atoms with Gasteiger partial charge in [-0.3, -0.25) is 0 Å². The summed E-state index contributed by atoms with van der Waals surface area (Å²) in [5.74, 6) is 0.513. The highest BCUT2D eigenvalue weighted by atomic mass is 32.2. The molecule has 0 saturated heterocycles. The van der Waals surface area contributed by atoms with Crippen LogP contribution in [-0.4, -0.2) is 25.3 Å². The zero-order valence-electron chi connectivity index (χ0n) is 12.7. The van der Waals surface area contributed by atoms with Crippen LogP contribution in [0.4, 0.5) is 5.69 Å². The van der Waals surface area contributed by atoms with Gasteiger partial charge < -0.3 is 5.73 Å². The summed E-state index contributed by atoms with van der Waals surface area (Å²) >= 11 is 0. The molecule has 4 nitrogen and oxygen atoms in total. The van der Waals surface area contributed by atoms with Crippen molar-refractivity contribution >= 4 is 15.7 Å². The Labute approximate surface area is 122 Å². The van der Waals surface area contributed by atoms with Crippen LogP contribution < -0.4 is 5.73 Å². The van der Waals surface area contributed by atoms with E-state index in [1.54, 1.807) is 10.4 Å². The first kappa shape index (κ1) is 15.3. The average molecular weight is 296 g/mol. The van der Waals surface area contributed by atoms with E-state index in [2.05, 4.69) is 0 Å². The minimum absolute atomic E-state index is 0.0556. The number of nitrogens with two attached hydrogens (primary N) is 1. The lowest BCUT2D eigenvalue weighted by molar-refractivity contribution is 0.341. The molecule has 1 aromatic rings. The van der Waals surface area contributed by atoms with Crippen molar-refractivity contribution in [2.45, 2.75) is 51.5 Å². The van der Waals surface area contributed by atoms with Crippen LogP contribution in [0.1, 0.15) is 37.8 Å². The monoisotopic (exact) mass is 296 g/mol. The number of hydrogen-bond acceptors (Lipinski definition) is 3. The van der Waals surface area contributed by atoms with Gasteiger partial charge in [-0.1, -0.05) is 6.07 Å². The highest BCUT2D eigenvalue weighted by Crippen LogP contribution is 2.35. The molecule has 1 aliphatic rings. The van der Waals surface area contributed by atoms with Crippen molar-refractivity contribution in [1.29, 1.82) is 0 Å². The predicted octanol–water partition coefficient (Wildman–Crippen LogP) is 2.69. The number of rotatable bonds is 5. The van der Waals surface area contributed by atoms with Crippen molar-refractivity contribution in [2.75, 3.05) is 12.3 Å². The van der Waals surface area contributed by atoms with E-state index in [4.69, 9.17) is 5.73 Å². The molecule has 1 aromatic carbocycles. The topological polar surface area (TPSA) is 63.4 Å². The van der Waals surface area contributed by atoms with Crippen molar-refractivity contribution in [3.8, 4) is 0 Å². The summed E-state index contributed by atoms with van der Waals surface area (Å²) in [7, 11) is -3.53. The van der Waals surface area contributed by atoms with Crippen molar-refractivity contribution in [2.24, 2.45) is 5.92 Å². The average Bonchev–Trinajstić information content (AvgIpc) is 3.14. The van der Waals surface area contributed by atoms with E-state index >= 15 is 0 Å². The van der Waals surface area contributed by atoms with E-state index in [9.17, 15) is 8.42 Å². The number of anilines is 1. The van der Waals surface area contributed by atoms with E-state index in [1.165, 1.54) is 0 Å². The predicted molar refractivity (Wildman–Crippen MR) is 82.1 cm³/mol. The Morgan fingerprint density at radius 1 is 1.30 bits per heavy atom. The third-order valence-corrected chi connectivity index (χ3v) is 6.23. The lowest BCUT2D eigenvalue weighted by atomic mass is 10.1. The van der Waals surface area contributed by atoms with Crippen LogP contribution in [0.3, 0.4) is 0 Å². The number of hydrogen-bond donors (Lipinski definition) is 1. The standard InChI is InChI=1S/C15H24N2O2S/c1-10(2)17(9-13-6-7-13)20(18,19)15-12(4)11(3)5-8-14(15)16/h5,8,10,13H,6-7,9,16H2,1-4H3. The molecule has 0 heterocycles. The lowest BCUT2D eigenvalue weighted by Gasteiger charge is -2.27. The van der Waals surface area contributed by atoms with Gasteiger partial charge in [-0.25, -0.2) is 8.42 Å². The van der Waals surface area contributed by atoms with Gasteiger partial charge in [0.2, 0.25) is 10.0 Å². The first-order valence-electron chi connectivity index (χ1n) is 7.12. The van der Waals surface area contributed by atoms with E-state index in [1.807, 2.05) is 33.8 Å². The second-order valence-electron chi connectivity index (χ2n) is 6.04. The Kier molecular flexibility index (Phi) is 4.12. The van der Waals surface area contributed by atoms with E-state index < -0.39 is 10.0 Å². The minimum Gasteiger partial charge on any atom is -0.398 e. The first-order chi connectivity index (χ1) is 9.25. The summed E-state index contributed by atoms with van der Waals surface area (Å²) in [6.07, 6.45) is 2.25. The molecule has 1 aliphatic carbocycles. The first-order valence-corrected chi connectivity index (χ1v) is 8.56. The molecule has 0 atom stereocenters. The van der Waals surface area contributed by atoms with Crippen LogP contribution >= 0.6 is 0 Å². The summed E-state index contributed by atoms with van der Waals surface area (Å²) in [6, 6.07) is 3.50. The minimum atomic E-state index is -3.53. The molecule has 0 unspecified atom stereocenters.